The Morgan fingerprint density at radius 3 is 2.62 bits per heavy atom. The summed E-state index contributed by atoms with van der Waals surface area (Å²) in [6, 6.07) is 2.51. The second-order valence-electron chi connectivity index (χ2n) is 3.47. The number of nitrogens with two attached hydrogens (primary N) is 1. The first-order valence-electron chi connectivity index (χ1n) is 4.67. The fourth-order valence-corrected chi connectivity index (χ4v) is 1.15. The predicted molar refractivity (Wildman–Crippen MR) is 56.0 cm³/mol. The second-order valence-corrected chi connectivity index (χ2v) is 3.47. The molecular formula is C10H13F3N2O. The van der Waals surface area contributed by atoms with Gasteiger partial charge in [-0.25, -0.2) is 13.2 Å². The van der Waals surface area contributed by atoms with Crippen molar-refractivity contribution in [1.29, 1.82) is 0 Å². The Morgan fingerprint density at radius 2 is 2.06 bits per heavy atom. The molecule has 3 nitrogen and oxygen atoms in total. The van der Waals surface area contributed by atoms with E-state index in [4.69, 9.17) is 10.8 Å². The standard InChI is InChI=1S/C10H13F3N2O/c1-5-2-8(7(14)3-6(5)11)15-4-9(16)10(12)13/h2-3,9-10,15-16H,4,14H2,1H3. The number of alkyl halides is 2. The summed E-state index contributed by atoms with van der Waals surface area (Å²) in [4.78, 5) is 0. The van der Waals surface area contributed by atoms with Crippen molar-refractivity contribution in [3.8, 4) is 0 Å². The number of rotatable bonds is 4. The number of nitrogens with one attached hydrogen (secondary N) is 1. The first-order chi connectivity index (χ1) is 7.41. The molecule has 4 N–H and O–H groups in total. The highest BCUT2D eigenvalue weighted by Crippen LogP contribution is 2.22. The largest absolute Gasteiger partial charge is 0.397 e. The second kappa shape index (κ2) is 5.07. The third kappa shape index (κ3) is 3.03. The van der Waals surface area contributed by atoms with Gasteiger partial charge >= 0.3 is 0 Å². The van der Waals surface area contributed by atoms with Crippen LogP contribution in [0.5, 0.6) is 0 Å². The molecule has 0 aliphatic heterocycles. The molecule has 0 heterocycles. The average molecular weight is 234 g/mol. The van der Waals surface area contributed by atoms with Crippen LogP contribution < -0.4 is 11.1 Å². The SMILES string of the molecule is Cc1cc(NCC(O)C(F)F)c(N)cc1F. The molecule has 0 aromatic heterocycles. The lowest BCUT2D eigenvalue weighted by atomic mass is 10.1. The van der Waals surface area contributed by atoms with Crippen LogP contribution in [0, 0.1) is 12.7 Å². The Labute approximate surface area is 91.1 Å². The summed E-state index contributed by atoms with van der Waals surface area (Å²) >= 11 is 0. The number of halogens is 3. The molecule has 0 aliphatic carbocycles. The zero-order valence-corrected chi connectivity index (χ0v) is 8.67. The zero-order valence-electron chi connectivity index (χ0n) is 8.67. The molecule has 0 amide bonds. The van der Waals surface area contributed by atoms with Gasteiger partial charge in [-0.15, -0.1) is 0 Å². The third-order valence-electron chi connectivity index (χ3n) is 2.12. The summed E-state index contributed by atoms with van der Waals surface area (Å²) in [5, 5.41) is 11.4. The van der Waals surface area contributed by atoms with E-state index in [1.807, 2.05) is 0 Å². The lowest BCUT2D eigenvalue weighted by Gasteiger charge is -2.14. The van der Waals surface area contributed by atoms with E-state index in [9.17, 15) is 13.2 Å². The summed E-state index contributed by atoms with van der Waals surface area (Å²) in [5.74, 6) is -0.461. The number of aliphatic hydroxyl groups excluding tert-OH is 1. The van der Waals surface area contributed by atoms with Crippen molar-refractivity contribution in [2.75, 3.05) is 17.6 Å². The van der Waals surface area contributed by atoms with Gasteiger partial charge in [0.25, 0.3) is 6.43 Å². The van der Waals surface area contributed by atoms with Crippen LogP contribution in [-0.2, 0) is 0 Å². The van der Waals surface area contributed by atoms with E-state index in [1.165, 1.54) is 13.0 Å². The van der Waals surface area contributed by atoms with E-state index >= 15 is 0 Å². The number of hydrogen-bond acceptors (Lipinski definition) is 3. The quantitative estimate of drug-likeness (QED) is 0.696. The first-order valence-corrected chi connectivity index (χ1v) is 4.67. The molecule has 16 heavy (non-hydrogen) atoms. The minimum absolute atomic E-state index is 0.115. The maximum atomic E-state index is 13.0. The van der Waals surface area contributed by atoms with Gasteiger partial charge in [0.1, 0.15) is 11.9 Å². The molecule has 90 valence electrons. The maximum absolute atomic E-state index is 13.0. The predicted octanol–water partition coefficient (Wildman–Crippen LogP) is 1.75. The summed E-state index contributed by atoms with van der Waals surface area (Å²) in [6.45, 7) is 1.19. The van der Waals surface area contributed by atoms with Crippen LogP contribution in [0.1, 0.15) is 5.56 Å². The van der Waals surface area contributed by atoms with Gasteiger partial charge in [0.2, 0.25) is 0 Å². The van der Waals surface area contributed by atoms with Crippen LogP contribution in [0.15, 0.2) is 12.1 Å². The van der Waals surface area contributed by atoms with Crippen molar-refractivity contribution in [3.05, 3.63) is 23.5 Å². The molecule has 1 rings (SSSR count). The maximum Gasteiger partial charge on any atom is 0.265 e. The smallest absolute Gasteiger partial charge is 0.265 e. The molecule has 1 atom stereocenters. The summed E-state index contributed by atoms with van der Waals surface area (Å²) in [5.41, 5.74) is 6.28. The van der Waals surface area contributed by atoms with Crippen LogP contribution in [-0.4, -0.2) is 24.2 Å². The number of nitrogen functional groups attached to an aromatic ring is 1. The van der Waals surface area contributed by atoms with Gasteiger partial charge < -0.3 is 16.2 Å². The van der Waals surface area contributed by atoms with Gasteiger partial charge in [-0.1, -0.05) is 0 Å². The van der Waals surface area contributed by atoms with Gasteiger partial charge in [-0.2, -0.15) is 0 Å². The summed E-state index contributed by atoms with van der Waals surface area (Å²) in [7, 11) is 0. The Kier molecular flexibility index (Phi) is 4.00. The minimum Gasteiger partial charge on any atom is -0.397 e. The molecule has 0 saturated carbocycles. The molecule has 0 spiro atoms. The highest BCUT2D eigenvalue weighted by Gasteiger charge is 2.16. The van der Waals surface area contributed by atoms with Gasteiger partial charge in [0, 0.05) is 6.54 Å². The van der Waals surface area contributed by atoms with Crippen molar-refractivity contribution >= 4 is 11.4 Å². The topological polar surface area (TPSA) is 58.3 Å². The molecule has 1 unspecified atom stereocenters. The summed E-state index contributed by atoms with van der Waals surface area (Å²) in [6.07, 6.45) is -4.60. The molecule has 6 heteroatoms. The van der Waals surface area contributed by atoms with Crippen LogP contribution in [0.4, 0.5) is 24.5 Å². The van der Waals surface area contributed by atoms with Crippen LogP contribution in [0.25, 0.3) is 0 Å². The molecule has 0 fully saturated rings. The van der Waals surface area contributed by atoms with Crippen molar-refractivity contribution in [1.82, 2.24) is 0 Å². The normalized spacial score (nSPS) is 12.9. The highest BCUT2D eigenvalue weighted by atomic mass is 19.3. The van der Waals surface area contributed by atoms with E-state index in [0.717, 1.165) is 6.07 Å². The fourth-order valence-electron chi connectivity index (χ4n) is 1.15. The number of aryl methyl sites for hydroxylation is 1. The molecule has 0 saturated heterocycles. The van der Waals surface area contributed by atoms with Crippen molar-refractivity contribution in [2.45, 2.75) is 19.5 Å². The highest BCUT2D eigenvalue weighted by molar-refractivity contribution is 5.67. The molecule has 1 aromatic rings. The molecular weight excluding hydrogens is 221 g/mol. The Morgan fingerprint density at radius 1 is 1.44 bits per heavy atom. The molecule has 0 radical (unpaired) electrons. The number of benzene rings is 1. The van der Waals surface area contributed by atoms with Gasteiger partial charge in [0.05, 0.1) is 11.4 Å². The number of aliphatic hydroxyl groups is 1. The average Bonchev–Trinajstić information content (AvgIpc) is 2.20. The van der Waals surface area contributed by atoms with Gasteiger partial charge in [0.15, 0.2) is 0 Å². The lowest BCUT2D eigenvalue weighted by molar-refractivity contribution is 0.00385. The number of anilines is 2. The lowest BCUT2D eigenvalue weighted by Crippen LogP contribution is -2.27. The molecule has 0 aliphatic rings. The molecule has 1 aromatic carbocycles. The Hall–Kier alpha value is -1.43. The van der Waals surface area contributed by atoms with Crippen LogP contribution in [0.3, 0.4) is 0 Å². The summed E-state index contributed by atoms with van der Waals surface area (Å²) < 4.78 is 37.0. The van der Waals surface area contributed by atoms with Gasteiger partial charge in [-0.05, 0) is 24.6 Å². The van der Waals surface area contributed by atoms with E-state index in [-0.39, 0.29) is 12.2 Å². The third-order valence-corrected chi connectivity index (χ3v) is 2.12. The Bertz CT molecular complexity index is 371. The van der Waals surface area contributed by atoms with E-state index in [1.54, 1.807) is 0 Å². The zero-order chi connectivity index (χ0) is 12.3. The first kappa shape index (κ1) is 12.6. The van der Waals surface area contributed by atoms with E-state index in [0.29, 0.717) is 11.3 Å². The van der Waals surface area contributed by atoms with Gasteiger partial charge in [-0.3, -0.25) is 0 Å². The van der Waals surface area contributed by atoms with E-state index < -0.39 is 18.3 Å². The molecule has 0 bridgehead atoms. The van der Waals surface area contributed by atoms with Crippen molar-refractivity contribution in [3.63, 3.8) is 0 Å². The van der Waals surface area contributed by atoms with Crippen molar-refractivity contribution in [2.24, 2.45) is 0 Å². The van der Waals surface area contributed by atoms with E-state index in [2.05, 4.69) is 5.32 Å². The fraction of sp³-hybridized carbons (Fsp3) is 0.400. The monoisotopic (exact) mass is 234 g/mol. The van der Waals surface area contributed by atoms with Crippen LogP contribution >= 0.6 is 0 Å². The number of hydrogen-bond donors (Lipinski definition) is 3. The van der Waals surface area contributed by atoms with Crippen molar-refractivity contribution < 1.29 is 18.3 Å². The van der Waals surface area contributed by atoms with Crippen LogP contribution in [0.2, 0.25) is 0 Å². The Balaban J connectivity index is 2.71. The minimum atomic E-state index is -2.82.